The quantitative estimate of drug-likeness (QED) is 0.681. The van der Waals surface area contributed by atoms with E-state index in [1.165, 1.54) is 6.07 Å². The number of hydrogen-bond donors (Lipinski definition) is 1. The van der Waals surface area contributed by atoms with Crippen LogP contribution >= 0.6 is 0 Å². The van der Waals surface area contributed by atoms with Crippen molar-refractivity contribution in [1.29, 1.82) is 0 Å². The van der Waals surface area contributed by atoms with E-state index in [9.17, 15) is 10.1 Å². The molecule has 0 amide bonds. The Morgan fingerprint density at radius 2 is 2.20 bits per heavy atom. The minimum absolute atomic E-state index is 0.0766. The summed E-state index contributed by atoms with van der Waals surface area (Å²) >= 11 is 0. The molecular weight excluding hydrogens is 254 g/mol. The fourth-order valence-corrected chi connectivity index (χ4v) is 2.86. The molecule has 5 nitrogen and oxygen atoms in total. The molecule has 20 heavy (non-hydrogen) atoms. The summed E-state index contributed by atoms with van der Waals surface area (Å²) < 4.78 is 0. The van der Waals surface area contributed by atoms with Gasteiger partial charge in [0.1, 0.15) is 0 Å². The van der Waals surface area contributed by atoms with Gasteiger partial charge in [0.15, 0.2) is 0 Å². The van der Waals surface area contributed by atoms with Gasteiger partial charge in [-0.15, -0.1) is 0 Å². The SMILES string of the molecule is CC(c1cccc([N+](=O)[O-])c1)N1CCC(N)C(C)(C)C1. The van der Waals surface area contributed by atoms with Crippen molar-refractivity contribution in [2.75, 3.05) is 13.1 Å². The lowest BCUT2D eigenvalue weighted by atomic mass is 9.79. The fourth-order valence-electron chi connectivity index (χ4n) is 2.86. The van der Waals surface area contributed by atoms with Crippen LogP contribution in [0.25, 0.3) is 0 Å². The van der Waals surface area contributed by atoms with Crippen molar-refractivity contribution >= 4 is 5.69 Å². The zero-order valence-electron chi connectivity index (χ0n) is 12.4. The first-order valence-electron chi connectivity index (χ1n) is 7.05. The van der Waals surface area contributed by atoms with Gasteiger partial charge in [-0.25, -0.2) is 0 Å². The Morgan fingerprint density at radius 1 is 1.50 bits per heavy atom. The highest BCUT2D eigenvalue weighted by Crippen LogP contribution is 2.33. The third-order valence-electron chi connectivity index (χ3n) is 4.45. The number of rotatable bonds is 3. The zero-order chi connectivity index (χ0) is 14.9. The molecule has 0 spiro atoms. The standard InChI is InChI=1S/C15H23N3O2/c1-11(12-5-4-6-13(9-12)18(19)20)17-8-7-14(16)15(2,3)10-17/h4-6,9,11,14H,7-8,10,16H2,1-3H3. The number of nitro benzene ring substituents is 1. The topological polar surface area (TPSA) is 72.4 Å². The summed E-state index contributed by atoms with van der Waals surface area (Å²) in [6.45, 7) is 8.33. The number of nitro groups is 1. The van der Waals surface area contributed by atoms with Gasteiger partial charge in [-0.2, -0.15) is 0 Å². The van der Waals surface area contributed by atoms with Gasteiger partial charge in [0.2, 0.25) is 0 Å². The van der Waals surface area contributed by atoms with E-state index < -0.39 is 0 Å². The van der Waals surface area contributed by atoms with Crippen LogP contribution in [0.3, 0.4) is 0 Å². The van der Waals surface area contributed by atoms with Crippen molar-refractivity contribution in [3.63, 3.8) is 0 Å². The molecule has 2 atom stereocenters. The molecule has 0 saturated carbocycles. The third-order valence-corrected chi connectivity index (χ3v) is 4.45. The van der Waals surface area contributed by atoms with Gasteiger partial charge < -0.3 is 5.73 Å². The average molecular weight is 277 g/mol. The van der Waals surface area contributed by atoms with E-state index >= 15 is 0 Å². The molecule has 5 heteroatoms. The highest BCUT2D eigenvalue weighted by Gasteiger charge is 2.35. The van der Waals surface area contributed by atoms with Crippen LogP contribution in [-0.2, 0) is 0 Å². The Morgan fingerprint density at radius 3 is 2.80 bits per heavy atom. The maximum atomic E-state index is 10.9. The number of piperidine rings is 1. The number of benzene rings is 1. The Bertz CT molecular complexity index is 502. The molecule has 0 aliphatic carbocycles. The highest BCUT2D eigenvalue weighted by atomic mass is 16.6. The summed E-state index contributed by atoms with van der Waals surface area (Å²) in [6, 6.07) is 7.31. The summed E-state index contributed by atoms with van der Waals surface area (Å²) in [6.07, 6.45) is 0.965. The van der Waals surface area contributed by atoms with Crippen molar-refractivity contribution < 1.29 is 4.92 Å². The highest BCUT2D eigenvalue weighted by molar-refractivity contribution is 5.35. The predicted octanol–water partition coefficient (Wildman–Crippen LogP) is 2.72. The second kappa shape index (κ2) is 5.50. The number of hydrogen-bond acceptors (Lipinski definition) is 4. The smallest absolute Gasteiger partial charge is 0.269 e. The van der Waals surface area contributed by atoms with Crippen LogP contribution in [0.4, 0.5) is 5.69 Å². The summed E-state index contributed by atoms with van der Waals surface area (Å²) in [5.74, 6) is 0. The normalized spacial score (nSPS) is 24.3. The minimum Gasteiger partial charge on any atom is -0.327 e. The predicted molar refractivity (Wildman–Crippen MR) is 79.5 cm³/mol. The molecule has 1 heterocycles. The first kappa shape index (κ1) is 14.9. The largest absolute Gasteiger partial charge is 0.327 e. The van der Waals surface area contributed by atoms with E-state index in [-0.39, 0.29) is 28.1 Å². The third kappa shape index (κ3) is 2.99. The molecular formula is C15H23N3O2. The minimum atomic E-state index is -0.341. The van der Waals surface area contributed by atoms with Crippen molar-refractivity contribution in [3.05, 3.63) is 39.9 Å². The molecule has 1 aromatic rings. The van der Waals surface area contributed by atoms with E-state index in [4.69, 9.17) is 5.73 Å². The maximum Gasteiger partial charge on any atom is 0.269 e. The van der Waals surface area contributed by atoms with Gasteiger partial charge in [0, 0.05) is 37.3 Å². The molecule has 1 aliphatic rings. The van der Waals surface area contributed by atoms with Gasteiger partial charge in [-0.1, -0.05) is 26.0 Å². The number of non-ortho nitro benzene ring substituents is 1. The van der Waals surface area contributed by atoms with Gasteiger partial charge in [0.25, 0.3) is 5.69 Å². The van der Waals surface area contributed by atoms with Gasteiger partial charge in [0.05, 0.1) is 4.92 Å². The van der Waals surface area contributed by atoms with Crippen LogP contribution < -0.4 is 5.73 Å². The lowest BCUT2D eigenvalue weighted by Gasteiger charge is -2.45. The molecule has 0 radical (unpaired) electrons. The zero-order valence-corrected chi connectivity index (χ0v) is 12.4. The van der Waals surface area contributed by atoms with Gasteiger partial charge in [-0.3, -0.25) is 15.0 Å². The van der Waals surface area contributed by atoms with Gasteiger partial charge >= 0.3 is 0 Å². The molecule has 110 valence electrons. The lowest BCUT2D eigenvalue weighted by Crippen LogP contribution is -2.52. The molecule has 2 N–H and O–H groups in total. The monoisotopic (exact) mass is 277 g/mol. The Kier molecular flexibility index (Phi) is 4.11. The molecule has 0 bridgehead atoms. The summed E-state index contributed by atoms with van der Waals surface area (Å²) in [7, 11) is 0. The Balaban J connectivity index is 2.17. The van der Waals surface area contributed by atoms with E-state index in [0.717, 1.165) is 25.1 Å². The summed E-state index contributed by atoms with van der Waals surface area (Å²) in [4.78, 5) is 12.9. The first-order chi connectivity index (χ1) is 9.31. The van der Waals surface area contributed by atoms with E-state index in [0.29, 0.717) is 0 Å². The Labute approximate surface area is 119 Å². The number of nitrogens with two attached hydrogens (primary N) is 1. The molecule has 1 aliphatic heterocycles. The van der Waals surface area contributed by atoms with Crippen LogP contribution in [0.2, 0.25) is 0 Å². The van der Waals surface area contributed by atoms with Gasteiger partial charge in [-0.05, 0) is 24.3 Å². The maximum absolute atomic E-state index is 10.9. The van der Waals surface area contributed by atoms with Crippen LogP contribution in [0.1, 0.15) is 38.8 Å². The first-order valence-corrected chi connectivity index (χ1v) is 7.05. The van der Waals surface area contributed by atoms with Crippen molar-refractivity contribution in [3.8, 4) is 0 Å². The van der Waals surface area contributed by atoms with Crippen molar-refractivity contribution in [1.82, 2.24) is 4.90 Å². The molecule has 1 saturated heterocycles. The average Bonchev–Trinajstić information content (AvgIpc) is 2.41. The molecule has 1 fully saturated rings. The Hall–Kier alpha value is -1.46. The number of likely N-dealkylation sites (tertiary alicyclic amines) is 1. The van der Waals surface area contributed by atoms with E-state index in [2.05, 4.69) is 25.7 Å². The molecule has 2 rings (SSSR count). The fraction of sp³-hybridized carbons (Fsp3) is 0.600. The molecule has 2 unspecified atom stereocenters. The van der Waals surface area contributed by atoms with Crippen LogP contribution in [0.5, 0.6) is 0 Å². The number of nitrogens with zero attached hydrogens (tertiary/aromatic N) is 2. The molecule has 1 aromatic carbocycles. The van der Waals surface area contributed by atoms with Crippen LogP contribution in [0.15, 0.2) is 24.3 Å². The van der Waals surface area contributed by atoms with Crippen LogP contribution in [0, 0.1) is 15.5 Å². The molecule has 0 aromatic heterocycles. The second-order valence-corrected chi connectivity index (χ2v) is 6.38. The lowest BCUT2D eigenvalue weighted by molar-refractivity contribution is -0.385. The summed E-state index contributed by atoms with van der Waals surface area (Å²) in [5.41, 5.74) is 7.38. The summed E-state index contributed by atoms with van der Waals surface area (Å²) in [5, 5.41) is 10.9. The van der Waals surface area contributed by atoms with Crippen molar-refractivity contribution in [2.24, 2.45) is 11.1 Å². The van der Waals surface area contributed by atoms with Crippen LogP contribution in [-0.4, -0.2) is 29.0 Å². The van der Waals surface area contributed by atoms with Crippen molar-refractivity contribution in [2.45, 2.75) is 39.3 Å². The van der Waals surface area contributed by atoms with E-state index in [1.807, 2.05) is 6.07 Å². The second-order valence-electron chi connectivity index (χ2n) is 6.38. The van der Waals surface area contributed by atoms with E-state index in [1.54, 1.807) is 12.1 Å².